The predicted octanol–water partition coefficient (Wildman–Crippen LogP) is 2.94. The van der Waals surface area contributed by atoms with E-state index in [2.05, 4.69) is 5.10 Å². The van der Waals surface area contributed by atoms with Gasteiger partial charge in [0.15, 0.2) is 0 Å². The van der Waals surface area contributed by atoms with Gasteiger partial charge in [-0.3, -0.25) is 8.99 Å². The van der Waals surface area contributed by atoms with Crippen LogP contribution in [-0.2, 0) is 16.6 Å². The summed E-state index contributed by atoms with van der Waals surface area (Å²) in [6.07, 6.45) is 0.118. The van der Waals surface area contributed by atoms with Crippen molar-refractivity contribution in [2.75, 3.05) is 10.8 Å². The predicted molar refractivity (Wildman–Crippen MR) is 93.3 cm³/mol. The lowest BCUT2D eigenvalue weighted by molar-refractivity contribution is 0.588. The van der Waals surface area contributed by atoms with Crippen LogP contribution < -0.4 is 4.31 Å². The molecule has 0 aliphatic carbocycles. The van der Waals surface area contributed by atoms with Gasteiger partial charge < -0.3 is 0 Å². The molecular weight excluding hydrogens is 324 g/mol. The molecule has 2 rings (SSSR count). The van der Waals surface area contributed by atoms with Crippen molar-refractivity contribution in [3.05, 3.63) is 41.2 Å². The van der Waals surface area contributed by atoms with E-state index >= 15 is 0 Å². The van der Waals surface area contributed by atoms with Crippen molar-refractivity contribution in [3.63, 3.8) is 0 Å². The Morgan fingerprint density at radius 1 is 1.29 bits per heavy atom. The first-order valence-electron chi connectivity index (χ1n) is 7.83. The second kappa shape index (κ2) is 7.05. The van der Waals surface area contributed by atoms with E-state index in [-0.39, 0.29) is 17.9 Å². The Balaban J connectivity index is 2.61. The molecule has 128 valence electrons. The van der Waals surface area contributed by atoms with E-state index in [4.69, 9.17) is 5.26 Å². The molecule has 0 saturated carbocycles. The fraction of sp³-hybridized carbons (Fsp3) is 0.412. The highest BCUT2D eigenvalue weighted by atomic mass is 32.2. The molecule has 0 radical (unpaired) electrons. The van der Waals surface area contributed by atoms with Crippen LogP contribution in [0.2, 0.25) is 0 Å². The van der Waals surface area contributed by atoms with Gasteiger partial charge in [-0.15, -0.1) is 0 Å². The number of nitriles is 1. The Morgan fingerprint density at radius 3 is 2.54 bits per heavy atom. The molecule has 2 aromatic rings. The third-order valence-corrected chi connectivity index (χ3v) is 5.96. The molecule has 0 saturated heterocycles. The number of sulfonamides is 1. The van der Waals surface area contributed by atoms with Gasteiger partial charge >= 0.3 is 0 Å². The maximum atomic E-state index is 13.3. The fourth-order valence-electron chi connectivity index (χ4n) is 2.79. The second-order valence-corrected chi connectivity index (χ2v) is 7.44. The van der Waals surface area contributed by atoms with Gasteiger partial charge in [0.05, 0.1) is 29.6 Å². The van der Waals surface area contributed by atoms with E-state index in [0.29, 0.717) is 23.6 Å². The second-order valence-electron chi connectivity index (χ2n) is 5.64. The molecule has 1 aromatic heterocycles. The van der Waals surface area contributed by atoms with Crippen LogP contribution in [-0.4, -0.2) is 24.7 Å². The highest BCUT2D eigenvalue weighted by Gasteiger charge is 2.31. The lowest BCUT2D eigenvalue weighted by Gasteiger charge is -2.24. The van der Waals surface area contributed by atoms with Crippen LogP contribution >= 0.6 is 0 Å². The summed E-state index contributed by atoms with van der Waals surface area (Å²) in [7, 11) is -3.79. The Hall–Kier alpha value is -2.33. The number of benzene rings is 1. The highest BCUT2D eigenvalue weighted by Crippen LogP contribution is 2.28. The smallest absolute Gasteiger partial charge is 0.268 e. The summed E-state index contributed by atoms with van der Waals surface area (Å²) in [6.45, 7) is 8.00. The molecule has 6 nitrogen and oxygen atoms in total. The monoisotopic (exact) mass is 346 g/mol. The maximum Gasteiger partial charge on any atom is 0.268 e. The van der Waals surface area contributed by atoms with E-state index in [9.17, 15) is 8.42 Å². The van der Waals surface area contributed by atoms with Crippen molar-refractivity contribution < 1.29 is 8.42 Å². The molecule has 0 fully saturated rings. The van der Waals surface area contributed by atoms with Gasteiger partial charge in [-0.1, -0.05) is 12.1 Å². The molecule has 7 heteroatoms. The minimum absolute atomic E-state index is 0.110. The van der Waals surface area contributed by atoms with Crippen molar-refractivity contribution in [3.8, 4) is 6.07 Å². The van der Waals surface area contributed by atoms with Crippen molar-refractivity contribution in [2.45, 2.75) is 45.6 Å². The van der Waals surface area contributed by atoms with Crippen molar-refractivity contribution >= 4 is 15.7 Å². The summed E-state index contributed by atoms with van der Waals surface area (Å²) in [5, 5.41) is 13.2. The van der Waals surface area contributed by atoms with Crippen LogP contribution in [0.1, 0.15) is 30.3 Å². The summed E-state index contributed by atoms with van der Waals surface area (Å²) in [4.78, 5) is 0.226. The third kappa shape index (κ3) is 3.29. The molecule has 0 aliphatic rings. The minimum Gasteiger partial charge on any atom is -0.268 e. The zero-order valence-electron chi connectivity index (χ0n) is 14.4. The highest BCUT2D eigenvalue weighted by molar-refractivity contribution is 7.93. The average molecular weight is 346 g/mol. The summed E-state index contributed by atoms with van der Waals surface area (Å²) in [6, 6.07) is 9.30. The Labute approximate surface area is 143 Å². The molecule has 0 aliphatic heterocycles. The quantitative estimate of drug-likeness (QED) is 0.805. The van der Waals surface area contributed by atoms with Gasteiger partial charge in [0.1, 0.15) is 4.90 Å². The molecule has 0 unspecified atom stereocenters. The first kappa shape index (κ1) is 18.0. The van der Waals surface area contributed by atoms with Gasteiger partial charge in [0, 0.05) is 13.1 Å². The number of aryl methyl sites for hydroxylation is 3. The summed E-state index contributed by atoms with van der Waals surface area (Å²) < 4.78 is 29.6. The molecule has 0 atom stereocenters. The standard InChI is InChI=1S/C17H22N4O2S/c1-5-20-15(4)17(14(3)19-20)24(22,23)21(11-7-10-18)16-9-6-8-13(2)12-16/h6,8-9,12H,5,7,11H2,1-4H3. The minimum atomic E-state index is -3.79. The summed E-state index contributed by atoms with van der Waals surface area (Å²) in [5.74, 6) is 0. The largest absolute Gasteiger partial charge is 0.268 e. The fourth-order valence-corrected chi connectivity index (χ4v) is 4.63. The van der Waals surface area contributed by atoms with Gasteiger partial charge in [-0.05, 0) is 45.4 Å². The molecule has 0 spiro atoms. The number of aromatic nitrogens is 2. The van der Waals surface area contributed by atoms with Crippen LogP contribution in [0.5, 0.6) is 0 Å². The topological polar surface area (TPSA) is 79.0 Å². The summed E-state index contributed by atoms with van der Waals surface area (Å²) >= 11 is 0. The van der Waals surface area contributed by atoms with E-state index in [1.807, 2.05) is 38.1 Å². The van der Waals surface area contributed by atoms with Gasteiger partial charge in [0.2, 0.25) is 0 Å². The zero-order valence-corrected chi connectivity index (χ0v) is 15.3. The zero-order chi connectivity index (χ0) is 17.9. The number of hydrogen-bond acceptors (Lipinski definition) is 4. The number of rotatable bonds is 6. The van der Waals surface area contributed by atoms with E-state index < -0.39 is 10.0 Å². The molecule has 24 heavy (non-hydrogen) atoms. The third-order valence-electron chi connectivity index (χ3n) is 3.88. The number of anilines is 1. The molecule has 0 amide bonds. The Kier molecular flexibility index (Phi) is 5.30. The van der Waals surface area contributed by atoms with Crippen molar-refractivity contribution in [2.24, 2.45) is 0 Å². The Bertz CT molecular complexity index is 878. The lowest BCUT2D eigenvalue weighted by atomic mass is 10.2. The van der Waals surface area contributed by atoms with Crippen LogP contribution in [0.25, 0.3) is 0 Å². The molecule has 0 N–H and O–H groups in total. The molecule has 0 bridgehead atoms. The normalized spacial score (nSPS) is 11.3. The molecular formula is C17H22N4O2S. The van der Waals surface area contributed by atoms with Crippen molar-refractivity contribution in [1.82, 2.24) is 9.78 Å². The lowest BCUT2D eigenvalue weighted by Crippen LogP contribution is -2.32. The first-order chi connectivity index (χ1) is 11.3. The van der Waals surface area contributed by atoms with Gasteiger partial charge in [0.25, 0.3) is 10.0 Å². The van der Waals surface area contributed by atoms with Gasteiger partial charge in [-0.2, -0.15) is 10.4 Å². The first-order valence-corrected chi connectivity index (χ1v) is 9.27. The number of hydrogen-bond donors (Lipinski definition) is 0. The average Bonchev–Trinajstić information content (AvgIpc) is 2.82. The number of nitrogens with zero attached hydrogens (tertiary/aromatic N) is 4. The van der Waals surface area contributed by atoms with Crippen LogP contribution in [0.3, 0.4) is 0 Å². The van der Waals surface area contributed by atoms with Crippen LogP contribution in [0, 0.1) is 32.1 Å². The summed E-state index contributed by atoms with van der Waals surface area (Å²) in [5.41, 5.74) is 2.62. The molecule has 1 heterocycles. The van der Waals surface area contributed by atoms with Crippen LogP contribution in [0.15, 0.2) is 29.2 Å². The Morgan fingerprint density at radius 2 is 2.00 bits per heavy atom. The van der Waals surface area contributed by atoms with E-state index in [1.54, 1.807) is 24.6 Å². The molecule has 1 aromatic carbocycles. The van der Waals surface area contributed by atoms with E-state index in [1.165, 1.54) is 4.31 Å². The van der Waals surface area contributed by atoms with Crippen LogP contribution in [0.4, 0.5) is 5.69 Å². The van der Waals surface area contributed by atoms with Crippen molar-refractivity contribution in [1.29, 1.82) is 5.26 Å². The SMILES string of the molecule is CCn1nc(C)c(S(=O)(=O)N(CCC#N)c2cccc(C)c2)c1C. The van der Waals surface area contributed by atoms with Gasteiger partial charge in [-0.25, -0.2) is 8.42 Å². The van der Waals surface area contributed by atoms with E-state index in [0.717, 1.165) is 5.56 Å². The maximum absolute atomic E-state index is 13.3.